The first-order valence-corrected chi connectivity index (χ1v) is 3.82. The van der Waals surface area contributed by atoms with E-state index in [0.29, 0.717) is 11.3 Å². The number of nitro benzene ring substituents is 1. The van der Waals surface area contributed by atoms with Crippen LogP contribution in [0.1, 0.15) is 5.56 Å². The van der Waals surface area contributed by atoms with Gasteiger partial charge in [-0.3, -0.25) is 10.1 Å². The maximum atomic E-state index is 10.5. The van der Waals surface area contributed by atoms with Gasteiger partial charge in [-0.25, -0.2) is 4.79 Å². The van der Waals surface area contributed by atoms with Gasteiger partial charge in [-0.15, -0.1) is 0 Å². The van der Waals surface area contributed by atoms with Crippen molar-refractivity contribution in [2.75, 3.05) is 5.32 Å². The molecule has 6 heteroatoms. The van der Waals surface area contributed by atoms with Crippen LogP contribution in [0.5, 0.6) is 0 Å². The van der Waals surface area contributed by atoms with Crippen LogP contribution in [-0.2, 0) is 0 Å². The molecule has 0 heterocycles. The maximum Gasteiger partial charge on any atom is 0.316 e. The van der Waals surface area contributed by atoms with Crippen LogP contribution in [-0.4, -0.2) is 11.0 Å². The Labute approximate surface area is 79.9 Å². The predicted octanol–water partition coefficient (Wildman–Crippen LogP) is 1.39. The highest BCUT2D eigenvalue weighted by Gasteiger charge is 2.11. The standard InChI is InChI=1S/C8H9N3O3/c1-5-2-3-6(10-8(9)12)4-7(5)11(13)14/h2-4H,1H3,(H3,9,10,12). The van der Waals surface area contributed by atoms with Crippen molar-refractivity contribution in [1.29, 1.82) is 0 Å². The summed E-state index contributed by atoms with van der Waals surface area (Å²) < 4.78 is 0. The zero-order valence-electron chi connectivity index (χ0n) is 7.48. The number of nitrogens with one attached hydrogen (secondary N) is 1. The van der Waals surface area contributed by atoms with Crippen LogP contribution in [0.4, 0.5) is 16.2 Å². The molecule has 74 valence electrons. The van der Waals surface area contributed by atoms with E-state index in [4.69, 9.17) is 5.73 Å². The average Bonchev–Trinajstić information content (AvgIpc) is 2.07. The minimum atomic E-state index is -0.747. The van der Waals surface area contributed by atoms with E-state index in [2.05, 4.69) is 5.32 Å². The lowest BCUT2D eigenvalue weighted by molar-refractivity contribution is -0.385. The van der Waals surface area contributed by atoms with E-state index in [-0.39, 0.29) is 5.69 Å². The number of rotatable bonds is 2. The maximum absolute atomic E-state index is 10.5. The SMILES string of the molecule is Cc1ccc(NC(N)=O)cc1[N+](=O)[O-]. The lowest BCUT2D eigenvalue weighted by Crippen LogP contribution is -2.19. The zero-order chi connectivity index (χ0) is 10.7. The Morgan fingerprint density at radius 1 is 1.57 bits per heavy atom. The van der Waals surface area contributed by atoms with E-state index in [1.54, 1.807) is 19.1 Å². The van der Waals surface area contributed by atoms with Crippen LogP contribution < -0.4 is 11.1 Å². The second-order valence-electron chi connectivity index (χ2n) is 2.75. The summed E-state index contributed by atoms with van der Waals surface area (Å²) in [6.07, 6.45) is 0. The number of primary amides is 1. The molecule has 0 aliphatic carbocycles. The highest BCUT2D eigenvalue weighted by atomic mass is 16.6. The fraction of sp³-hybridized carbons (Fsp3) is 0.125. The molecule has 2 amide bonds. The van der Waals surface area contributed by atoms with Gasteiger partial charge in [-0.1, -0.05) is 6.07 Å². The molecule has 0 radical (unpaired) electrons. The smallest absolute Gasteiger partial charge is 0.316 e. The third kappa shape index (κ3) is 2.19. The van der Waals surface area contributed by atoms with Gasteiger partial charge in [0.2, 0.25) is 0 Å². The minimum Gasteiger partial charge on any atom is -0.351 e. The van der Waals surface area contributed by atoms with Crippen LogP contribution in [0.25, 0.3) is 0 Å². The average molecular weight is 195 g/mol. The number of nitrogens with zero attached hydrogens (tertiary/aromatic N) is 1. The lowest BCUT2D eigenvalue weighted by atomic mass is 10.2. The Bertz CT molecular complexity index is 389. The van der Waals surface area contributed by atoms with Crippen LogP contribution >= 0.6 is 0 Å². The first-order valence-electron chi connectivity index (χ1n) is 3.82. The molecular formula is C8H9N3O3. The lowest BCUT2D eigenvalue weighted by Gasteiger charge is -2.02. The van der Waals surface area contributed by atoms with Crippen LogP contribution in [0.2, 0.25) is 0 Å². The minimum absolute atomic E-state index is 0.0451. The molecule has 0 spiro atoms. The van der Waals surface area contributed by atoms with Gasteiger partial charge in [-0.05, 0) is 13.0 Å². The molecule has 14 heavy (non-hydrogen) atoms. The summed E-state index contributed by atoms with van der Waals surface area (Å²) >= 11 is 0. The fourth-order valence-electron chi connectivity index (χ4n) is 1.03. The number of carbonyl (C=O) groups is 1. The topological polar surface area (TPSA) is 98.3 Å². The molecular weight excluding hydrogens is 186 g/mol. The van der Waals surface area contributed by atoms with Crippen molar-refractivity contribution in [3.63, 3.8) is 0 Å². The molecule has 3 N–H and O–H groups in total. The normalized spacial score (nSPS) is 9.50. The van der Waals surface area contributed by atoms with Gasteiger partial charge in [0.15, 0.2) is 0 Å². The Morgan fingerprint density at radius 3 is 2.71 bits per heavy atom. The molecule has 0 fully saturated rings. The van der Waals surface area contributed by atoms with Gasteiger partial charge < -0.3 is 11.1 Å². The predicted molar refractivity (Wildman–Crippen MR) is 51.0 cm³/mol. The summed E-state index contributed by atoms with van der Waals surface area (Å²) in [5.74, 6) is 0. The molecule has 0 atom stereocenters. The summed E-state index contributed by atoms with van der Waals surface area (Å²) in [5, 5.41) is 12.8. The Kier molecular flexibility index (Phi) is 2.66. The number of urea groups is 1. The number of hydrogen-bond donors (Lipinski definition) is 2. The second kappa shape index (κ2) is 3.73. The third-order valence-electron chi connectivity index (χ3n) is 1.67. The van der Waals surface area contributed by atoms with Gasteiger partial charge in [0, 0.05) is 17.3 Å². The largest absolute Gasteiger partial charge is 0.351 e. The van der Waals surface area contributed by atoms with Gasteiger partial charge in [0.1, 0.15) is 0 Å². The molecule has 0 aromatic heterocycles. The van der Waals surface area contributed by atoms with E-state index in [1.165, 1.54) is 6.07 Å². The van der Waals surface area contributed by atoms with Crippen LogP contribution in [0, 0.1) is 17.0 Å². The van der Waals surface area contributed by atoms with Crippen molar-refractivity contribution < 1.29 is 9.72 Å². The van der Waals surface area contributed by atoms with Crippen molar-refractivity contribution in [3.8, 4) is 0 Å². The highest BCUT2D eigenvalue weighted by molar-refractivity contribution is 5.88. The number of aryl methyl sites for hydroxylation is 1. The van der Waals surface area contributed by atoms with Crippen molar-refractivity contribution in [2.45, 2.75) is 6.92 Å². The van der Waals surface area contributed by atoms with E-state index in [9.17, 15) is 14.9 Å². The molecule has 1 rings (SSSR count). The molecule has 0 aliphatic rings. The van der Waals surface area contributed by atoms with E-state index < -0.39 is 11.0 Å². The van der Waals surface area contributed by atoms with Crippen molar-refractivity contribution in [1.82, 2.24) is 0 Å². The molecule has 0 unspecified atom stereocenters. The number of hydrogen-bond acceptors (Lipinski definition) is 3. The quantitative estimate of drug-likeness (QED) is 0.551. The number of amides is 2. The number of carbonyl (C=O) groups excluding carboxylic acids is 1. The molecule has 0 bridgehead atoms. The Morgan fingerprint density at radius 2 is 2.21 bits per heavy atom. The molecule has 1 aromatic carbocycles. The molecule has 0 saturated carbocycles. The highest BCUT2D eigenvalue weighted by Crippen LogP contribution is 2.21. The van der Waals surface area contributed by atoms with Crippen LogP contribution in [0.15, 0.2) is 18.2 Å². The van der Waals surface area contributed by atoms with E-state index in [0.717, 1.165) is 0 Å². The van der Waals surface area contributed by atoms with Gasteiger partial charge in [0.05, 0.1) is 4.92 Å². The second-order valence-corrected chi connectivity index (χ2v) is 2.75. The van der Waals surface area contributed by atoms with Crippen molar-refractivity contribution in [2.24, 2.45) is 5.73 Å². The van der Waals surface area contributed by atoms with E-state index >= 15 is 0 Å². The van der Waals surface area contributed by atoms with Gasteiger partial charge in [0.25, 0.3) is 5.69 Å². The monoisotopic (exact) mass is 195 g/mol. The van der Waals surface area contributed by atoms with Crippen molar-refractivity contribution >= 4 is 17.4 Å². The third-order valence-corrected chi connectivity index (χ3v) is 1.67. The summed E-state index contributed by atoms with van der Waals surface area (Å²) in [5.41, 5.74) is 5.67. The number of nitrogens with two attached hydrogens (primary N) is 1. The first-order chi connectivity index (χ1) is 6.50. The van der Waals surface area contributed by atoms with Crippen LogP contribution in [0.3, 0.4) is 0 Å². The zero-order valence-corrected chi connectivity index (χ0v) is 7.48. The fourth-order valence-corrected chi connectivity index (χ4v) is 1.03. The van der Waals surface area contributed by atoms with Gasteiger partial charge in [-0.2, -0.15) is 0 Å². The first kappa shape index (κ1) is 9.97. The van der Waals surface area contributed by atoms with E-state index in [1.807, 2.05) is 0 Å². The Hall–Kier alpha value is -2.11. The summed E-state index contributed by atoms with van der Waals surface area (Å²) in [4.78, 5) is 20.5. The number of benzene rings is 1. The Balaban J connectivity index is 3.06. The molecule has 1 aromatic rings. The van der Waals surface area contributed by atoms with Crippen molar-refractivity contribution in [3.05, 3.63) is 33.9 Å². The summed E-state index contributed by atoms with van der Waals surface area (Å²) in [6, 6.07) is 3.61. The molecule has 0 saturated heterocycles. The number of anilines is 1. The summed E-state index contributed by atoms with van der Waals surface area (Å²) in [6.45, 7) is 1.62. The summed E-state index contributed by atoms with van der Waals surface area (Å²) in [7, 11) is 0. The number of nitro groups is 1. The van der Waals surface area contributed by atoms with Gasteiger partial charge >= 0.3 is 6.03 Å². The molecule has 6 nitrogen and oxygen atoms in total. The molecule has 0 aliphatic heterocycles.